The monoisotopic (exact) mass is 318 g/mol. The van der Waals surface area contributed by atoms with Crippen LogP contribution in [0, 0.1) is 0 Å². The molecule has 0 aliphatic rings. The molecule has 1 unspecified atom stereocenters. The smallest absolute Gasteiger partial charge is 0.336 e. The predicted octanol–water partition coefficient (Wildman–Crippen LogP) is 1.57. The second-order valence-corrected chi connectivity index (χ2v) is 6.23. The van der Waals surface area contributed by atoms with Gasteiger partial charge in [-0.15, -0.1) is 0 Å². The molecule has 0 heterocycles. The van der Waals surface area contributed by atoms with Crippen LogP contribution in [0.15, 0.2) is 0 Å². The van der Waals surface area contributed by atoms with Crippen LogP contribution in [0.5, 0.6) is 0 Å². The number of hydrogen-bond donors (Lipinski definition) is 2. The lowest BCUT2D eigenvalue weighted by molar-refractivity contribution is -1.09. The first kappa shape index (κ1) is 21.3. The molecule has 0 saturated heterocycles. The maximum atomic E-state index is 10.7. The van der Waals surface area contributed by atoms with Gasteiger partial charge in [0.05, 0.1) is 7.05 Å². The third-order valence-electron chi connectivity index (χ3n) is 3.87. The molecule has 0 rings (SSSR count). The number of nitrogens with zero attached hydrogens (tertiary/aromatic N) is 2. The summed E-state index contributed by atoms with van der Waals surface area (Å²) in [5, 5.41) is 11.9. The topological polar surface area (TPSA) is 61.8 Å². The van der Waals surface area contributed by atoms with Gasteiger partial charge in [-0.05, 0) is 40.0 Å². The number of unbranched alkanes of at least 4 members (excludes halogenated alkanes) is 2. The zero-order valence-electron chi connectivity index (χ0n) is 14.9. The minimum atomic E-state index is -0.905. The van der Waals surface area contributed by atoms with Crippen LogP contribution in [0.3, 0.4) is 0 Å². The van der Waals surface area contributed by atoms with Crippen LogP contribution >= 0.6 is 0 Å². The highest BCUT2D eigenvalue weighted by Crippen LogP contribution is 2.09. The number of hydrogen-bond acceptors (Lipinski definition) is 4. The van der Waals surface area contributed by atoms with E-state index in [9.17, 15) is 4.79 Å². The van der Waals surface area contributed by atoms with E-state index >= 15 is 0 Å². The average Bonchev–Trinajstić information content (AvgIpc) is 2.48. The molecule has 1 atom stereocenters. The zero-order chi connectivity index (χ0) is 16.8. The van der Waals surface area contributed by atoms with Crippen LogP contribution in [0.1, 0.15) is 39.0 Å². The van der Waals surface area contributed by atoms with Gasteiger partial charge in [0.15, 0.2) is 0 Å². The zero-order valence-corrected chi connectivity index (χ0v) is 14.9. The molecule has 6 heteroatoms. The molecule has 22 heavy (non-hydrogen) atoms. The van der Waals surface area contributed by atoms with Crippen molar-refractivity contribution in [3.05, 3.63) is 0 Å². The number of quaternary nitrogens is 1. The van der Waals surface area contributed by atoms with E-state index in [1.165, 1.54) is 12.8 Å². The van der Waals surface area contributed by atoms with Crippen LogP contribution in [-0.2, 0) is 9.63 Å². The van der Waals surface area contributed by atoms with Crippen LogP contribution < -0.4 is 5.32 Å². The third-order valence-corrected chi connectivity index (χ3v) is 3.87. The van der Waals surface area contributed by atoms with Crippen molar-refractivity contribution in [2.24, 2.45) is 0 Å². The summed E-state index contributed by atoms with van der Waals surface area (Å²) >= 11 is 0. The van der Waals surface area contributed by atoms with Crippen molar-refractivity contribution in [3.63, 3.8) is 0 Å². The van der Waals surface area contributed by atoms with Gasteiger partial charge in [0.1, 0.15) is 13.1 Å². The van der Waals surface area contributed by atoms with Gasteiger partial charge >= 0.3 is 5.97 Å². The maximum Gasteiger partial charge on any atom is 0.336 e. The predicted molar refractivity (Wildman–Crippen MR) is 89.7 cm³/mol. The number of nitrogens with one attached hydrogen (secondary N) is 1. The Labute approximate surface area is 136 Å². The van der Waals surface area contributed by atoms with E-state index in [0.29, 0.717) is 4.65 Å². The molecule has 0 fully saturated rings. The molecule has 0 aromatic rings. The van der Waals surface area contributed by atoms with Gasteiger partial charge in [0.25, 0.3) is 0 Å². The molecule has 132 valence electrons. The fourth-order valence-corrected chi connectivity index (χ4v) is 2.41. The van der Waals surface area contributed by atoms with Gasteiger partial charge < -0.3 is 15.3 Å². The Morgan fingerprint density at radius 2 is 1.82 bits per heavy atom. The molecule has 0 aromatic heterocycles. The number of carbonyl (C=O) groups is 1. The van der Waals surface area contributed by atoms with E-state index in [2.05, 4.69) is 24.2 Å². The summed E-state index contributed by atoms with van der Waals surface area (Å²) in [6, 6.07) is 0. The minimum Gasteiger partial charge on any atom is -0.479 e. The summed E-state index contributed by atoms with van der Waals surface area (Å²) in [4.78, 5) is 18.7. The first-order chi connectivity index (χ1) is 10.4. The molecule has 2 N–H and O–H groups in total. The van der Waals surface area contributed by atoms with Crippen molar-refractivity contribution in [1.82, 2.24) is 10.2 Å². The molecule has 0 aliphatic heterocycles. The van der Waals surface area contributed by atoms with Crippen molar-refractivity contribution in [3.8, 4) is 0 Å². The highest BCUT2D eigenvalue weighted by molar-refractivity contribution is 5.67. The van der Waals surface area contributed by atoms with Gasteiger partial charge in [0, 0.05) is 19.4 Å². The molecule has 0 spiro atoms. The van der Waals surface area contributed by atoms with E-state index < -0.39 is 5.97 Å². The summed E-state index contributed by atoms with van der Waals surface area (Å²) in [7, 11) is 6.07. The molecule has 0 bridgehead atoms. The Kier molecular flexibility index (Phi) is 12.4. The minimum absolute atomic E-state index is 0.230. The molecule has 6 nitrogen and oxygen atoms in total. The largest absolute Gasteiger partial charge is 0.479 e. The third kappa shape index (κ3) is 11.9. The summed E-state index contributed by atoms with van der Waals surface area (Å²) in [5.41, 5.74) is 0. The van der Waals surface area contributed by atoms with Crippen molar-refractivity contribution in [2.75, 3.05) is 60.5 Å². The van der Waals surface area contributed by atoms with Crippen molar-refractivity contribution >= 4 is 5.97 Å². The van der Waals surface area contributed by atoms with Crippen molar-refractivity contribution < 1.29 is 19.4 Å². The maximum absolute atomic E-state index is 10.7. The molecular weight excluding hydrogens is 282 g/mol. The van der Waals surface area contributed by atoms with Gasteiger partial charge in [-0.3, -0.25) is 0 Å². The first-order valence-electron chi connectivity index (χ1n) is 8.47. The Bertz CT molecular complexity index is 290. The quantitative estimate of drug-likeness (QED) is 0.273. The number of aliphatic carboxylic acids is 1. The lowest BCUT2D eigenvalue weighted by atomic mass is 10.2. The fourth-order valence-electron chi connectivity index (χ4n) is 2.41. The molecule has 0 radical (unpaired) electrons. The van der Waals surface area contributed by atoms with Gasteiger partial charge in [-0.2, -0.15) is 9.48 Å². The van der Waals surface area contributed by atoms with Crippen LogP contribution in [0.4, 0.5) is 0 Å². The Morgan fingerprint density at radius 1 is 1.18 bits per heavy atom. The SMILES string of the molecule is CCCCN(C)CCCC[N+](C)(CCCNC)OCC(=O)O. The summed E-state index contributed by atoms with van der Waals surface area (Å²) in [6.07, 6.45) is 5.62. The Balaban J connectivity index is 4.07. The van der Waals surface area contributed by atoms with Gasteiger partial charge in [-0.1, -0.05) is 13.3 Å². The highest BCUT2D eigenvalue weighted by atomic mass is 16.7. The number of carboxylic acid groups (broad SMARTS) is 1. The Hall–Kier alpha value is -0.690. The highest BCUT2D eigenvalue weighted by Gasteiger charge is 2.24. The van der Waals surface area contributed by atoms with Crippen molar-refractivity contribution in [2.45, 2.75) is 39.0 Å². The molecular formula is C16H36N3O3+. The lowest BCUT2D eigenvalue weighted by Gasteiger charge is -2.31. The summed E-state index contributed by atoms with van der Waals surface area (Å²) < 4.78 is 0.382. The van der Waals surface area contributed by atoms with Crippen LogP contribution in [0.2, 0.25) is 0 Å². The summed E-state index contributed by atoms with van der Waals surface area (Å²) in [6.45, 7) is 6.84. The molecule has 0 saturated carbocycles. The van der Waals surface area contributed by atoms with Gasteiger partial charge in [0.2, 0.25) is 6.61 Å². The average molecular weight is 318 g/mol. The van der Waals surface area contributed by atoms with E-state index in [1.807, 2.05) is 14.1 Å². The van der Waals surface area contributed by atoms with E-state index in [1.54, 1.807) is 0 Å². The van der Waals surface area contributed by atoms with E-state index in [0.717, 1.165) is 52.0 Å². The number of hydroxylamine groups is 3. The van der Waals surface area contributed by atoms with Crippen LogP contribution in [0.25, 0.3) is 0 Å². The first-order valence-corrected chi connectivity index (χ1v) is 8.47. The second-order valence-electron chi connectivity index (χ2n) is 6.23. The van der Waals surface area contributed by atoms with Gasteiger partial charge in [-0.25, -0.2) is 4.79 Å². The second kappa shape index (κ2) is 12.8. The van der Waals surface area contributed by atoms with E-state index in [-0.39, 0.29) is 6.61 Å². The fraction of sp³-hybridized carbons (Fsp3) is 0.938. The Morgan fingerprint density at radius 3 is 2.41 bits per heavy atom. The number of carboxylic acids is 1. The normalized spacial score (nSPS) is 14.2. The van der Waals surface area contributed by atoms with E-state index in [4.69, 9.17) is 9.94 Å². The molecule has 0 aromatic carbocycles. The lowest BCUT2D eigenvalue weighted by Crippen LogP contribution is -2.47. The molecule has 0 amide bonds. The number of rotatable bonds is 15. The van der Waals surface area contributed by atoms with Crippen molar-refractivity contribution in [1.29, 1.82) is 0 Å². The molecule has 0 aliphatic carbocycles. The summed E-state index contributed by atoms with van der Waals surface area (Å²) in [5.74, 6) is -0.905. The van der Waals surface area contributed by atoms with Crippen LogP contribution in [-0.4, -0.2) is 81.1 Å². The standard InChI is InChI=1S/C16H35N3O3/c1-5-6-11-18(3)12-7-8-13-19(4,14-9-10-17-2)22-15-16(20)21/h17H,5-15H2,1-4H3/p+1.